The van der Waals surface area contributed by atoms with Gasteiger partial charge in [0.2, 0.25) is 0 Å². The van der Waals surface area contributed by atoms with Crippen LogP contribution in [0.1, 0.15) is 22.2 Å². The standard InChI is InChI=1S/C22H16N4OS/c27-22-16-10-4-5-11-17(16)24-20(26(22)15-8-2-1-3-9-15)19-14-28-21(25-19)18-12-6-7-13-23-18/h1-14,20,24H/t20-/m0/s1. The second-order valence-electron chi connectivity index (χ2n) is 6.40. The number of pyridine rings is 1. The number of hydrogen-bond acceptors (Lipinski definition) is 5. The van der Waals surface area contributed by atoms with E-state index >= 15 is 0 Å². The fourth-order valence-corrected chi connectivity index (χ4v) is 4.15. The maximum absolute atomic E-state index is 13.3. The Morgan fingerprint density at radius 2 is 1.71 bits per heavy atom. The topological polar surface area (TPSA) is 58.1 Å². The van der Waals surface area contributed by atoms with E-state index in [1.165, 1.54) is 11.3 Å². The monoisotopic (exact) mass is 384 g/mol. The van der Waals surface area contributed by atoms with E-state index in [9.17, 15) is 4.79 Å². The van der Waals surface area contributed by atoms with Crippen molar-refractivity contribution < 1.29 is 4.79 Å². The van der Waals surface area contributed by atoms with Gasteiger partial charge in [0.05, 0.1) is 17.0 Å². The molecule has 2 aromatic heterocycles. The van der Waals surface area contributed by atoms with Crippen molar-refractivity contribution in [1.82, 2.24) is 9.97 Å². The number of thiazole rings is 1. The van der Waals surface area contributed by atoms with Crippen LogP contribution in [0.15, 0.2) is 84.4 Å². The highest BCUT2D eigenvalue weighted by Crippen LogP contribution is 2.37. The second-order valence-corrected chi connectivity index (χ2v) is 7.25. The Kier molecular flexibility index (Phi) is 4.10. The summed E-state index contributed by atoms with van der Waals surface area (Å²) in [4.78, 5) is 24.3. The third-order valence-corrected chi connectivity index (χ3v) is 5.53. The predicted molar refractivity (Wildman–Crippen MR) is 111 cm³/mol. The maximum Gasteiger partial charge on any atom is 0.262 e. The van der Waals surface area contributed by atoms with Crippen molar-refractivity contribution in [1.29, 1.82) is 0 Å². The molecule has 2 aromatic carbocycles. The molecule has 0 spiro atoms. The minimum atomic E-state index is -0.390. The summed E-state index contributed by atoms with van der Waals surface area (Å²) in [5, 5.41) is 6.30. The summed E-state index contributed by atoms with van der Waals surface area (Å²) in [6.45, 7) is 0. The van der Waals surface area contributed by atoms with Gasteiger partial charge in [-0.25, -0.2) is 4.98 Å². The number of benzene rings is 2. The number of para-hydroxylation sites is 2. The van der Waals surface area contributed by atoms with Crippen molar-refractivity contribution in [2.24, 2.45) is 0 Å². The quantitative estimate of drug-likeness (QED) is 0.541. The van der Waals surface area contributed by atoms with Crippen molar-refractivity contribution in [3.05, 3.63) is 95.6 Å². The molecule has 28 heavy (non-hydrogen) atoms. The number of anilines is 2. The van der Waals surface area contributed by atoms with Crippen molar-refractivity contribution in [2.75, 3.05) is 10.2 Å². The summed E-state index contributed by atoms with van der Waals surface area (Å²) >= 11 is 1.52. The zero-order valence-corrected chi connectivity index (χ0v) is 15.6. The molecule has 5 rings (SSSR count). The fourth-order valence-electron chi connectivity index (χ4n) is 3.33. The molecule has 0 unspecified atom stereocenters. The first-order valence-corrected chi connectivity index (χ1v) is 9.80. The smallest absolute Gasteiger partial charge is 0.262 e. The molecule has 1 atom stereocenters. The van der Waals surface area contributed by atoms with Gasteiger partial charge in [0.1, 0.15) is 5.01 Å². The van der Waals surface area contributed by atoms with E-state index in [4.69, 9.17) is 4.98 Å². The van der Waals surface area contributed by atoms with E-state index < -0.39 is 6.17 Å². The summed E-state index contributed by atoms with van der Waals surface area (Å²) in [6, 6.07) is 23.0. The first-order chi connectivity index (χ1) is 13.8. The van der Waals surface area contributed by atoms with Crippen LogP contribution in [0.5, 0.6) is 0 Å². The lowest BCUT2D eigenvalue weighted by Gasteiger charge is -2.37. The zero-order chi connectivity index (χ0) is 18.9. The molecule has 0 saturated heterocycles. The van der Waals surface area contributed by atoms with Crippen LogP contribution in [0.25, 0.3) is 10.7 Å². The van der Waals surface area contributed by atoms with Crippen LogP contribution in [-0.4, -0.2) is 15.9 Å². The molecule has 0 saturated carbocycles. The van der Waals surface area contributed by atoms with E-state index in [1.807, 2.05) is 78.2 Å². The van der Waals surface area contributed by atoms with Crippen LogP contribution >= 0.6 is 11.3 Å². The van der Waals surface area contributed by atoms with Crippen LogP contribution in [0.2, 0.25) is 0 Å². The Bertz CT molecular complexity index is 1130. The van der Waals surface area contributed by atoms with E-state index in [0.29, 0.717) is 5.56 Å². The molecular formula is C22H16N4OS. The minimum Gasteiger partial charge on any atom is -0.359 e. The van der Waals surface area contributed by atoms with Crippen LogP contribution < -0.4 is 10.2 Å². The van der Waals surface area contributed by atoms with Crippen LogP contribution in [0, 0.1) is 0 Å². The lowest BCUT2D eigenvalue weighted by atomic mass is 10.1. The van der Waals surface area contributed by atoms with Crippen LogP contribution in [0.3, 0.4) is 0 Å². The number of nitrogens with one attached hydrogen (secondary N) is 1. The normalized spacial score (nSPS) is 15.8. The summed E-state index contributed by atoms with van der Waals surface area (Å²) < 4.78 is 0. The molecule has 1 N–H and O–H groups in total. The lowest BCUT2D eigenvalue weighted by Crippen LogP contribution is -2.43. The maximum atomic E-state index is 13.3. The Hall–Kier alpha value is -3.51. The van der Waals surface area contributed by atoms with Gasteiger partial charge in [0.25, 0.3) is 5.91 Å². The van der Waals surface area contributed by atoms with E-state index in [2.05, 4.69) is 10.3 Å². The Labute approximate surface area is 166 Å². The summed E-state index contributed by atoms with van der Waals surface area (Å²) in [6.07, 6.45) is 1.37. The molecule has 1 aliphatic heterocycles. The lowest BCUT2D eigenvalue weighted by molar-refractivity contribution is 0.0974. The van der Waals surface area contributed by atoms with E-state index in [-0.39, 0.29) is 5.91 Å². The summed E-state index contributed by atoms with van der Waals surface area (Å²) in [5.74, 6) is -0.0436. The predicted octanol–water partition coefficient (Wildman–Crippen LogP) is 4.98. The van der Waals surface area contributed by atoms with Crippen molar-refractivity contribution in [3.8, 4) is 10.7 Å². The highest BCUT2D eigenvalue weighted by Gasteiger charge is 2.35. The largest absolute Gasteiger partial charge is 0.359 e. The Morgan fingerprint density at radius 1 is 0.929 bits per heavy atom. The molecule has 1 aliphatic rings. The Balaban J connectivity index is 1.60. The van der Waals surface area contributed by atoms with Gasteiger partial charge in [-0.05, 0) is 36.4 Å². The van der Waals surface area contributed by atoms with Crippen LogP contribution in [0.4, 0.5) is 11.4 Å². The highest BCUT2D eigenvalue weighted by molar-refractivity contribution is 7.13. The SMILES string of the molecule is O=C1c2ccccc2N[C@H](c2csc(-c3ccccn3)n2)N1c1ccccc1. The Morgan fingerprint density at radius 3 is 2.54 bits per heavy atom. The molecule has 1 amide bonds. The number of nitrogens with zero attached hydrogens (tertiary/aromatic N) is 3. The molecule has 0 fully saturated rings. The van der Waals surface area contributed by atoms with Gasteiger partial charge in [0, 0.05) is 23.0 Å². The molecule has 136 valence electrons. The van der Waals surface area contributed by atoms with E-state index in [0.717, 1.165) is 27.8 Å². The number of aromatic nitrogens is 2. The number of hydrogen-bond donors (Lipinski definition) is 1. The highest BCUT2D eigenvalue weighted by atomic mass is 32.1. The fraction of sp³-hybridized carbons (Fsp3) is 0.0455. The third kappa shape index (κ3) is 2.84. The molecule has 6 heteroatoms. The minimum absolute atomic E-state index is 0.0436. The first-order valence-electron chi connectivity index (χ1n) is 8.92. The number of carbonyl (C=O) groups is 1. The van der Waals surface area contributed by atoms with Crippen molar-refractivity contribution in [3.63, 3.8) is 0 Å². The molecule has 0 radical (unpaired) electrons. The van der Waals surface area contributed by atoms with Gasteiger partial charge in [-0.1, -0.05) is 36.4 Å². The van der Waals surface area contributed by atoms with Gasteiger partial charge in [-0.3, -0.25) is 14.7 Å². The average Bonchev–Trinajstić information content (AvgIpc) is 3.25. The number of carbonyl (C=O) groups excluding carboxylic acids is 1. The molecule has 0 bridgehead atoms. The van der Waals surface area contributed by atoms with Gasteiger partial charge in [0.15, 0.2) is 6.17 Å². The summed E-state index contributed by atoms with van der Waals surface area (Å²) in [7, 11) is 0. The zero-order valence-electron chi connectivity index (χ0n) is 14.8. The van der Waals surface area contributed by atoms with Crippen molar-refractivity contribution >= 4 is 28.6 Å². The van der Waals surface area contributed by atoms with Gasteiger partial charge in [-0.15, -0.1) is 11.3 Å². The summed E-state index contributed by atoms with van der Waals surface area (Å²) in [5.41, 5.74) is 3.91. The first kappa shape index (κ1) is 16.6. The molecule has 4 aromatic rings. The van der Waals surface area contributed by atoms with Gasteiger partial charge >= 0.3 is 0 Å². The van der Waals surface area contributed by atoms with Crippen molar-refractivity contribution in [2.45, 2.75) is 6.17 Å². The molecule has 3 heterocycles. The number of rotatable bonds is 3. The van der Waals surface area contributed by atoms with Crippen LogP contribution in [-0.2, 0) is 0 Å². The van der Waals surface area contributed by atoms with Gasteiger partial charge < -0.3 is 5.32 Å². The number of amides is 1. The third-order valence-electron chi connectivity index (χ3n) is 4.65. The molecular weight excluding hydrogens is 368 g/mol. The molecule has 5 nitrogen and oxygen atoms in total. The number of fused-ring (bicyclic) bond motifs is 1. The second kappa shape index (κ2) is 6.90. The van der Waals surface area contributed by atoms with Gasteiger partial charge in [-0.2, -0.15) is 0 Å². The average molecular weight is 384 g/mol. The van der Waals surface area contributed by atoms with E-state index in [1.54, 1.807) is 11.1 Å². The molecule has 0 aliphatic carbocycles.